The van der Waals surface area contributed by atoms with E-state index >= 15 is 0 Å². The number of carbonyl (C=O) groups excluding carboxylic acids is 3. The van der Waals surface area contributed by atoms with E-state index in [2.05, 4.69) is 15.5 Å². The molecule has 4 aliphatic rings. The maximum absolute atomic E-state index is 12.9. The molecule has 4 heterocycles. The maximum atomic E-state index is 12.9. The van der Waals surface area contributed by atoms with Crippen LogP contribution >= 0.6 is 12.6 Å². The first-order valence-corrected chi connectivity index (χ1v) is 9.57. The second-order valence-electron chi connectivity index (χ2n) is 7.44. The topological polar surface area (TPSA) is 91.0 Å². The summed E-state index contributed by atoms with van der Waals surface area (Å²) in [7, 11) is 0. The zero-order chi connectivity index (χ0) is 18.8. The van der Waals surface area contributed by atoms with Crippen LogP contribution in [0.2, 0.25) is 0 Å². The van der Waals surface area contributed by atoms with Crippen molar-refractivity contribution in [1.29, 1.82) is 0 Å². The monoisotopic (exact) mass is 388 g/mol. The molecule has 0 spiro atoms. The number of hydrogen-bond donors (Lipinski definition) is 3. The van der Waals surface area contributed by atoms with Gasteiger partial charge in [0.15, 0.2) is 0 Å². The summed E-state index contributed by atoms with van der Waals surface area (Å²) in [4.78, 5) is 39.9. The molecule has 0 unspecified atom stereocenters. The number of thiol groups is 1. The zero-order valence-electron chi connectivity index (χ0n) is 14.7. The number of carbonyl (C=O) groups is 3. The lowest BCUT2D eigenvalue weighted by atomic mass is 10.0. The van der Waals surface area contributed by atoms with E-state index < -0.39 is 16.8 Å². The van der Waals surface area contributed by atoms with E-state index in [4.69, 9.17) is 17.4 Å². The smallest absolute Gasteiger partial charge is 0.255 e. The lowest BCUT2D eigenvalue weighted by Crippen LogP contribution is -2.63. The number of ether oxygens (including phenoxy) is 1. The second-order valence-corrected chi connectivity index (χ2v) is 8.27. The van der Waals surface area contributed by atoms with Crippen LogP contribution in [0.15, 0.2) is 12.1 Å². The number of fused-ring (bicyclic) bond motifs is 5. The first-order valence-electron chi connectivity index (χ1n) is 9.12. The van der Waals surface area contributed by atoms with Gasteiger partial charge in [-0.1, -0.05) is 0 Å². The Labute approximate surface area is 161 Å². The summed E-state index contributed by atoms with van der Waals surface area (Å²) in [6.07, 6.45) is 0.596. The summed E-state index contributed by atoms with van der Waals surface area (Å²) in [6.45, 7) is 3.12. The van der Waals surface area contributed by atoms with Crippen LogP contribution in [0.25, 0.3) is 0 Å². The fourth-order valence-corrected chi connectivity index (χ4v) is 4.80. The van der Waals surface area contributed by atoms with E-state index in [1.165, 1.54) is 0 Å². The van der Waals surface area contributed by atoms with Crippen molar-refractivity contribution >= 4 is 36.0 Å². The zero-order valence-corrected chi connectivity index (χ0v) is 15.6. The first kappa shape index (κ1) is 16.9. The maximum Gasteiger partial charge on any atom is 0.255 e. The van der Waals surface area contributed by atoms with Crippen LogP contribution in [0.1, 0.15) is 28.8 Å². The van der Waals surface area contributed by atoms with Crippen molar-refractivity contribution in [2.24, 2.45) is 0 Å². The molecule has 5 rings (SSSR count). The SMILES string of the molecule is O=C1CC[C@H](N2Cc3c(ccc4c3OC[C@@]3(S)CNCCN43)C2=O)C(=O)N1. The summed E-state index contributed by atoms with van der Waals surface area (Å²) in [5.41, 5.74) is 2.32. The van der Waals surface area contributed by atoms with Gasteiger partial charge in [0.1, 0.15) is 23.3 Å². The Morgan fingerprint density at radius 3 is 2.93 bits per heavy atom. The van der Waals surface area contributed by atoms with Gasteiger partial charge in [0.05, 0.1) is 12.2 Å². The summed E-state index contributed by atoms with van der Waals surface area (Å²) in [5, 5.41) is 5.67. The van der Waals surface area contributed by atoms with Crippen molar-refractivity contribution in [3.8, 4) is 5.75 Å². The molecule has 0 saturated carbocycles. The highest BCUT2D eigenvalue weighted by atomic mass is 32.1. The van der Waals surface area contributed by atoms with Crippen LogP contribution in [-0.2, 0) is 16.1 Å². The van der Waals surface area contributed by atoms with Gasteiger partial charge < -0.3 is 19.9 Å². The van der Waals surface area contributed by atoms with E-state index in [0.29, 0.717) is 37.4 Å². The molecule has 2 saturated heterocycles. The highest BCUT2D eigenvalue weighted by molar-refractivity contribution is 7.82. The molecule has 8 nitrogen and oxygen atoms in total. The minimum atomic E-state index is -0.620. The van der Waals surface area contributed by atoms with Gasteiger partial charge in [0.2, 0.25) is 11.8 Å². The predicted molar refractivity (Wildman–Crippen MR) is 99.9 cm³/mol. The number of hydrogen-bond acceptors (Lipinski definition) is 7. The molecule has 3 amide bonds. The summed E-state index contributed by atoms with van der Waals surface area (Å²) < 4.78 is 6.08. The van der Waals surface area contributed by atoms with Gasteiger partial charge in [0.25, 0.3) is 5.91 Å². The summed E-state index contributed by atoms with van der Waals surface area (Å²) in [6, 6.07) is 3.10. The molecule has 2 atom stereocenters. The standard InChI is InChI=1S/C18H20N4O4S/c23-14-4-3-13(16(24)20-14)21-7-11-10(17(21)25)1-2-12-15(11)26-9-18(27)8-19-5-6-22(12)18/h1-2,13,19,27H,3-9H2,(H,20,23,24)/t13-,18-/m0/s1. The van der Waals surface area contributed by atoms with Gasteiger partial charge >= 0.3 is 0 Å². The molecular formula is C18H20N4O4S. The number of nitrogens with one attached hydrogen (secondary N) is 2. The molecule has 142 valence electrons. The molecule has 0 aliphatic carbocycles. The van der Waals surface area contributed by atoms with Crippen molar-refractivity contribution in [3.63, 3.8) is 0 Å². The molecule has 2 fully saturated rings. The molecule has 1 aromatic rings. The Kier molecular flexibility index (Phi) is 3.67. The number of imide groups is 1. The minimum absolute atomic E-state index is 0.186. The normalized spacial score (nSPS) is 29.7. The van der Waals surface area contributed by atoms with Crippen molar-refractivity contribution in [3.05, 3.63) is 23.3 Å². The van der Waals surface area contributed by atoms with E-state index in [1.54, 1.807) is 4.90 Å². The van der Waals surface area contributed by atoms with Crippen LogP contribution in [0.4, 0.5) is 5.69 Å². The van der Waals surface area contributed by atoms with Crippen LogP contribution in [0.5, 0.6) is 5.75 Å². The van der Waals surface area contributed by atoms with Crippen molar-refractivity contribution < 1.29 is 19.1 Å². The molecule has 0 bridgehead atoms. The number of amides is 3. The third kappa shape index (κ3) is 2.45. The van der Waals surface area contributed by atoms with Crippen LogP contribution in [-0.4, -0.2) is 59.8 Å². The minimum Gasteiger partial charge on any atom is -0.488 e. The Balaban J connectivity index is 1.49. The van der Waals surface area contributed by atoms with Crippen molar-refractivity contribution in [1.82, 2.24) is 15.5 Å². The predicted octanol–water partition coefficient (Wildman–Crippen LogP) is -0.124. The number of rotatable bonds is 1. The van der Waals surface area contributed by atoms with Gasteiger partial charge in [0, 0.05) is 37.2 Å². The number of anilines is 1. The van der Waals surface area contributed by atoms with Gasteiger partial charge in [-0.2, -0.15) is 0 Å². The third-order valence-corrected chi connectivity index (χ3v) is 6.34. The number of piperazine rings is 1. The van der Waals surface area contributed by atoms with E-state index in [1.807, 2.05) is 12.1 Å². The molecule has 0 aromatic heterocycles. The lowest BCUT2D eigenvalue weighted by molar-refractivity contribution is -0.136. The first-order chi connectivity index (χ1) is 13.0. The molecule has 0 radical (unpaired) electrons. The fraction of sp³-hybridized carbons (Fsp3) is 0.500. The lowest BCUT2D eigenvalue weighted by Gasteiger charge is -2.49. The number of benzene rings is 1. The highest BCUT2D eigenvalue weighted by Gasteiger charge is 2.45. The Morgan fingerprint density at radius 2 is 2.11 bits per heavy atom. The molecule has 1 aromatic carbocycles. The summed E-state index contributed by atoms with van der Waals surface area (Å²) in [5.74, 6) is -0.167. The summed E-state index contributed by atoms with van der Waals surface area (Å²) >= 11 is 4.82. The van der Waals surface area contributed by atoms with Crippen LogP contribution < -0.4 is 20.3 Å². The van der Waals surface area contributed by atoms with Gasteiger partial charge in [-0.25, -0.2) is 0 Å². The largest absolute Gasteiger partial charge is 0.488 e. The third-order valence-electron chi connectivity index (χ3n) is 5.81. The molecule has 27 heavy (non-hydrogen) atoms. The van der Waals surface area contributed by atoms with E-state index in [9.17, 15) is 14.4 Å². The second kappa shape index (κ2) is 5.87. The van der Waals surface area contributed by atoms with E-state index in [-0.39, 0.29) is 18.2 Å². The highest BCUT2D eigenvalue weighted by Crippen LogP contribution is 2.46. The van der Waals surface area contributed by atoms with Crippen molar-refractivity contribution in [2.45, 2.75) is 30.3 Å². The molecule has 4 aliphatic heterocycles. The molecule has 9 heteroatoms. The fourth-order valence-electron chi connectivity index (χ4n) is 4.42. The average Bonchev–Trinajstić information content (AvgIpc) is 2.98. The number of nitrogens with zero attached hydrogens (tertiary/aromatic N) is 2. The van der Waals surface area contributed by atoms with Crippen LogP contribution in [0.3, 0.4) is 0 Å². The van der Waals surface area contributed by atoms with E-state index in [0.717, 1.165) is 24.3 Å². The number of piperidine rings is 1. The Bertz CT molecular complexity index is 875. The van der Waals surface area contributed by atoms with Gasteiger partial charge in [-0.3, -0.25) is 19.7 Å². The Hall–Kier alpha value is -2.26. The molecular weight excluding hydrogens is 368 g/mol. The quantitative estimate of drug-likeness (QED) is 0.459. The van der Waals surface area contributed by atoms with Gasteiger partial charge in [-0.05, 0) is 18.6 Å². The van der Waals surface area contributed by atoms with Crippen LogP contribution in [0, 0.1) is 0 Å². The van der Waals surface area contributed by atoms with Crippen molar-refractivity contribution in [2.75, 3.05) is 31.1 Å². The molecule has 2 N–H and O–H groups in total. The Morgan fingerprint density at radius 1 is 1.26 bits per heavy atom. The van der Waals surface area contributed by atoms with Gasteiger partial charge in [-0.15, -0.1) is 12.6 Å². The average molecular weight is 388 g/mol.